The normalized spacial score (nSPS) is 26.0. The van der Waals surface area contributed by atoms with Crippen molar-refractivity contribution < 1.29 is 13.2 Å². The maximum Gasteiger partial charge on any atom is 0.238 e. The molecular formula is C10H18BrNO3S. The molecule has 1 heterocycles. The molecule has 1 fully saturated rings. The average Bonchev–Trinajstić information content (AvgIpc) is 2.24. The lowest BCUT2D eigenvalue weighted by molar-refractivity contribution is -0.120. The molecule has 0 bridgehead atoms. The van der Waals surface area contributed by atoms with Gasteiger partial charge in [0.25, 0.3) is 0 Å². The molecule has 16 heavy (non-hydrogen) atoms. The predicted octanol–water partition coefficient (Wildman–Crippen LogP) is 1.24. The third-order valence-electron chi connectivity index (χ3n) is 2.81. The second-order valence-corrected chi connectivity index (χ2v) is 7.70. The molecule has 0 aromatic carbocycles. The van der Waals surface area contributed by atoms with Crippen LogP contribution in [0.5, 0.6) is 0 Å². The highest BCUT2D eigenvalue weighted by molar-refractivity contribution is 9.09. The zero-order valence-corrected chi connectivity index (χ0v) is 11.8. The second-order valence-electron chi connectivity index (χ2n) is 4.10. The van der Waals surface area contributed by atoms with Gasteiger partial charge >= 0.3 is 0 Å². The van der Waals surface area contributed by atoms with Crippen molar-refractivity contribution in [3.05, 3.63) is 0 Å². The third-order valence-corrected chi connectivity index (χ3v) is 5.96. The summed E-state index contributed by atoms with van der Waals surface area (Å²) in [6, 6.07) is 0. The highest BCUT2D eigenvalue weighted by atomic mass is 79.9. The average molecular weight is 312 g/mol. The smallest absolute Gasteiger partial charge is 0.238 e. The number of alkyl halides is 1. The standard InChI is InChI=1S/C10H18BrNO3S/c1-2-8(11)7-12-10(13)9-5-3-4-6-16(9,14)15/h8-9H,2-7H2,1H3,(H,12,13). The Morgan fingerprint density at radius 2 is 2.19 bits per heavy atom. The van der Waals surface area contributed by atoms with E-state index in [0.717, 1.165) is 12.8 Å². The largest absolute Gasteiger partial charge is 0.354 e. The van der Waals surface area contributed by atoms with Crippen LogP contribution in [0.25, 0.3) is 0 Å². The molecule has 1 aliphatic rings. The number of carbonyl (C=O) groups is 1. The van der Waals surface area contributed by atoms with Crippen LogP contribution in [0.15, 0.2) is 0 Å². The van der Waals surface area contributed by atoms with Gasteiger partial charge in [0.1, 0.15) is 5.25 Å². The van der Waals surface area contributed by atoms with Crippen molar-refractivity contribution in [2.75, 3.05) is 12.3 Å². The van der Waals surface area contributed by atoms with Crippen LogP contribution in [0.3, 0.4) is 0 Å². The van der Waals surface area contributed by atoms with Crippen molar-refractivity contribution in [3.63, 3.8) is 0 Å². The van der Waals surface area contributed by atoms with E-state index in [0.29, 0.717) is 19.4 Å². The van der Waals surface area contributed by atoms with Crippen LogP contribution < -0.4 is 5.32 Å². The van der Waals surface area contributed by atoms with E-state index in [1.165, 1.54) is 0 Å². The summed E-state index contributed by atoms with van der Waals surface area (Å²) in [7, 11) is -3.20. The molecular weight excluding hydrogens is 294 g/mol. The van der Waals surface area contributed by atoms with Crippen molar-refractivity contribution in [1.29, 1.82) is 0 Å². The van der Waals surface area contributed by atoms with Crippen LogP contribution in [-0.4, -0.2) is 36.7 Å². The lowest BCUT2D eigenvalue weighted by Crippen LogP contribution is -2.44. The van der Waals surface area contributed by atoms with E-state index in [-0.39, 0.29) is 16.5 Å². The zero-order chi connectivity index (χ0) is 12.2. The summed E-state index contributed by atoms with van der Waals surface area (Å²) in [4.78, 5) is 11.9. The highest BCUT2D eigenvalue weighted by Gasteiger charge is 2.34. The minimum atomic E-state index is -3.20. The zero-order valence-electron chi connectivity index (χ0n) is 9.41. The number of hydrogen-bond acceptors (Lipinski definition) is 3. The first-order valence-electron chi connectivity index (χ1n) is 5.60. The van der Waals surface area contributed by atoms with Crippen molar-refractivity contribution >= 4 is 31.7 Å². The number of carbonyl (C=O) groups excluding carboxylic acids is 1. The Morgan fingerprint density at radius 1 is 1.50 bits per heavy atom. The summed E-state index contributed by atoms with van der Waals surface area (Å²) >= 11 is 3.39. The Morgan fingerprint density at radius 3 is 2.75 bits per heavy atom. The van der Waals surface area contributed by atoms with E-state index in [4.69, 9.17) is 0 Å². The fourth-order valence-corrected chi connectivity index (χ4v) is 3.71. The molecule has 1 rings (SSSR count). The topological polar surface area (TPSA) is 63.2 Å². The van der Waals surface area contributed by atoms with E-state index in [1.54, 1.807) is 0 Å². The Labute approximate surface area is 105 Å². The molecule has 94 valence electrons. The van der Waals surface area contributed by atoms with Gasteiger partial charge in [-0.25, -0.2) is 8.42 Å². The molecule has 0 aromatic rings. The van der Waals surface area contributed by atoms with Gasteiger partial charge < -0.3 is 5.32 Å². The minimum Gasteiger partial charge on any atom is -0.354 e. The predicted molar refractivity (Wildman–Crippen MR) is 67.4 cm³/mol. The summed E-state index contributed by atoms with van der Waals surface area (Å²) < 4.78 is 23.3. The molecule has 2 unspecified atom stereocenters. The van der Waals surface area contributed by atoms with Gasteiger partial charge in [0, 0.05) is 11.4 Å². The number of sulfone groups is 1. The van der Waals surface area contributed by atoms with E-state index < -0.39 is 15.1 Å². The lowest BCUT2D eigenvalue weighted by atomic mass is 10.2. The summed E-state index contributed by atoms with van der Waals surface area (Å²) in [6.07, 6.45) is 2.87. The Kier molecular flexibility index (Phi) is 5.24. The quantitative estimate of drug-likeness (QED) is 0.795. The Balaban J connectivity index is 2.53. The minimum absolute atomic E-state index is 0.149. The van der Waals surface area contributed by atoms with Crippen LogP contribution in [0, 0.1) is 0 Å². The van der Waals surface area contributed by atoms with Gasteiger partial charge in [-0.05, 0) is 19.3 Å². The highest BCUT2D eigenvalue weighted by Crippen LogP contribution is 2.19. The number of hydrogen-bond donors (Lipinski definition) is 1. The molecule has 1 N–H and O–H groups in total. The van der Waals surface area contributed by atoms with Gasteiger partial charge in [0.05, 0.1) is 5.75 Å². The van der Waals surface area contributed by atoms with Crippen LogP contribution in [0.4, 0.5) is 0 Å². The molecule has 0 aromatic heterocycles. The van der Waals surface area contributed by atoms with E-state index >= 15 is 0 Å². The van der Waals surface area contributed by atoms with Gasteiger partial charge in [-0.2, -0.15) is 0 Å². The Bertz CT molecular complexity index is 342. The molecule has 4 nitrogen and oxygen atoms in total. The summed E-state index contributed by atoms with van der Waals surface area (Å²) in [5, 5.41) is 1.87. The van der Waals surface area contributed by atoms with Crippen molar-refractivity contribution in [2.24, 2.45) is 0 Å². The van der Waals surface area contributed by atoms with Gasteiger partial charge in [0.2, 0.25) is 5.91 Å². The van der Waals surface area contributed by atoms with Crippen LogP contribution in [0.1, 0.15) is 32.6 Å². The molecule has 0 aliphatic carbocycles. The molecule has 1 saturated heterocycles. The molecule has 0 saturated carbocycles. The number of nitrogens with one attached hydrogen (secondary N) is 1. The monoisotopic (exact) mass is 311 g/mol. The van der Waals surface area contributed by atoms with E-state index in [1.807, 2.05) is 6.92 Å². The van der Waals surface area contributed by atoms with Crippen LogP contribution in [0.2, 0.25) is 0 Å². The van der Waals surface area contributed by atoms with Crippen molar-refractivity contribution in [2.45, 2.75) is 42.7 Å². The van der Waals surface area contributed by atoms with Gasteiger partial charge in [0.15, 0.2) is 9.84 Å². The van der Waals surface area contributed by atoms with Gasteiger partial charge in [-0.15, -0.1) is 0 Å². The number of halogens is 1. The van der Waals surface area contributed by atoms with Gasteiger partial charge in [-0.3, -0.25) is 4.79 Å². The first-order valence-corrected chi connectivity index (χ1v) is 8.24. The molecule has 6 heteroatoms. The summed E-state index contributed by atoms with van der Waals surface area (Å²) in [6.45, 7) is 2.49. The molecule has 0 spiro atoms. The first-order chi connectivity index (χ1) is 7.47. The van der Waals surface area contributed by atoms with E-state index in [9.17, 15) is 13.2 Å². The van der Waals surface area contributed by atoms with E-state index in [2.05, 4.69) is 21.2 Å². The van der Waals surface area contributed by atoms with Crippen LogP contribution in [-0.2, 0) is 14.6 Å². The fourth-order valence-electron chi connectivity index (χ4n) is 1.72. The summed E-state index contributed by atoms with van der Waals surface area (Å²) in [5.41, 5.74) is 0. The molecule has 1 aliphatic heterocycles. The first kappa shape index (κ1) is 14.0. The molecule has 1 amide bonds. The maximum absolute atomic E-state index is 11.7. The fraction of sp³-hybridized carbons (Fsp3) is 0.900. The number of rotatable bonds is 4. The van der Waals surface area contributed by atoms with Crippen molar-refractivity contribution in [1.82, 2.24) is 5.32 Å². The van der Waals surface area contributed by atoms with Crippen LogP contribution >= 0.6 is 15.9 Å². The van der Waals surface area contributed by atoms with Crippen molar-refractivity contribution in [3.8, 4) is 0 Å². The summed E-state index contributed by atoms with van der Waals surface area (Å²) in [5.74, 6) is -0.186. The molecule has 0 radical (unpaired) electrons. The number of amides is 1. The SMILES string of the molecule is CCC(Br)CNC(=O)C1CCCCS1(=O)=O. The molecule has 2 atom stereocenters. The lowest BCUT2D eigenvalue weighted by Gasteiger charge is -2.21. The Hall–Kier alpha value is -0.100. The maximum atomic E-state index is 11.7. The van der Waals surface area contributed by atoms with Gasteiger partial charge in [-0.1, -0.05) is 29.3 Å². The second kappa shape index (κ2) is 6.00. The third kappa shape index (κ3) is 3.73.